The summed E-state index contributed by atoms with van der Waals surface area (Å²) in [7, 11) is 0. The van der Waals surface area contributed by atoms with Crippen LogP contribution in [0, 0.1) is 3.57 Å². The molecule has 2 nitrogen and oxygen atoms in total. The molecule has 3 heteroatoms. The van der Waals surface area contributed by atoms with Crippen molar-refractivity contribution in [2.75, 3.05) is 0 Å². The summed E-state index contributed by atoms with van der Waals surface area (Å²) in [5.41, 5.74) is 0.868. The summed E-state index contributed by atoms with van der Waals surface area (Å²) in [5.74, 6) is 0.328. The Bertz CT molecular complexity index is 287. The Morgan fingerprint density at radius 3 is 2.67 bits per heavy atom. The molecule has 0 bridgehead atoms. The van der Waals surface area contributed by atoms with Gasteiger partial charge in [-0.05, 0) is 53.3 Å². The summed E-state index contributed by atoms with van der Waals surface area (Å²) < 4.78 is 0.948. The smallest absolute Gasteiger partial charge is 0.134 e. The molecule has 0 heterocycles. The number of carbonyl (C=O) groups excluding carboxylic acids is 1. The Balaban J connectivity index is 2.93. The molecule has 0 unspecified atom stereocenters. The zero-order valence-electron chi connectivity index (χ0n) is 6.67. The van der Waals surface area contributed by atoms with Crippen molar-refractivity contribution in [3.63, 3.8) is 0 Å². The highest BCUT2D eigenvalue weighted by Gasteiger charge is 2.00. The van der Waals surface area contributed by atoms with Crippen molar-refractivity contribution >= 4 is 28.4 Å². The van der Waals surface area contributed by atoms with Gasteiger partial charge in [-0.25, -0.2) is 0 Å². The summed E-state index contributed by atoms with van der Waals surface area (Å²) in [5, 5.41) is 9.19. The Morgan fingerprint density at radius 2 is 2.17 bits per heavy atom. The number of hydrogen-bond donors (Lipinski definition) is 1. The van der Waals surface area contributed by atoms with Gasteiger partial charge in [-0.1, -0.05) is 0 Å². The van der Waals surface area contributed by atoms with Crippen LogP contribution in [0.15, 0.2) is 18.2 Å². The first-order chi connectivity index (χ1) is 5.58. The second-order valence-electron chi connectivity index (χ2n) is 2.70. The van der Waals surface area contributed by atoms with Gasteiger partial charge < -0.3 is 5.11 Å². The topological polar surface area (TPSA) is 37.3 Å². The molecule has 0 saturated carbocycles. The molecule has 0 aliphatic rings. The predicted octanol–water partition coefficient (Wildman–Crippen LogP) is 2.13. The van der Waals surface area contributed by atoms with Crippen molar-refractivity contribution in [3.05, 3.63) is 27.3 Å². The van der Waals surface area contributed by atoms with Crippen molar-refractivity contribution in [2.45, 2.75) is 13.3 Å². The highest BCUT2D eigenvalue weighted by Crippen LogP contribution is 2.17. The van der Waals surface area contributed by atoms with Gasteiger partial charge in [-0.15, -0.1) is 0 Å². The second kappa shape index (κ2) is 3.89. The average molecular weight is 276 g/mol. The molecule has 1 rings (SSSR count). The Morgan fingerprint density at radius 1 is 1.50 bits per heavy atom. The Hall–Kier alpha value is -0.580. The van der Waals surface area contributed by atoms with E-state index in [1.165, 1.54) is 6.92 Å². The highest BCUT2D eigenvalue weighted by atomic mass is 127. The third kappa shape index (κ3) is 2.81. The van der Waals surface area contributed by atoms with Gasteiger partial charge in [0.2, 0.25) is 0 Å². The van der Waals surface area contributed by atoms with Gasteiger partial charge in [0.25, 0.3) is 0 Å². The largest absolute Gasteiger partial charge is 0.508 e. The van der Waals surface area contributed by atoms with Gasteiger partial charge in [-0.3, -0.25) is 4.79 Å². The summed E-state index contributed by atoms with van der Waals surface area (Å²) >= 11 is 2.11. The molecule has 0 aliphatic carbocycles. The Labute approximate surface area is 84.7 Å². The monoisotopic (exact) mass is 276 g/mol. The standard InChI is InChI=1S/C9H9IO2/c1-6(11)2-7-3-8(10)5-9(12)4-7/h3-5,12H,2H2,1H3. The van der Waals surface area contributed by atoms with Crippen molar-refractivity contribution in [2.24, 2.45) is 0 Å². The van der Waals surface area contributed by atoms with E-state index in [1.54, 1.807) is 12.1 Å². The molecular formula is C9H9IO2. The van der Waals surface area contributed by atoms with E-state index >= 15 is 0 Å². The molecule has 0 saturated heterocycles. The second-order valence-corrected chi connectivity index (χ2v) is 3.94. The quantitative estimate of drug-likeness (QED) is 0.840. The molecule has 0 aliphatic heterocycles. The SMILES string of the molecule is CC(=O)Cc1cc(O)cc(I)c1. The lowest BCUT2D eigenvalue weighted by atomic mass is 10.1. The number of halogens is 1. The number of ketones is 1. The van der Waals surface area contributed by atoms with Crippen LogP contribution in [0.4, 0.5) is 0 Å². The molecule has 0 aromatic heterocycles. The van der Waals surface area contributed by atoms with Gasteiger partial charge in [0.1, 0.15) is 11.5 Å². The van der Waals surface area contributed by atoms with Crippen molar-refractivity contribution in [1.29, 1.82) is 0 Å². The number of carbonyl (C=O) groups is 1. The molecule has 64 valence electrons. The van der Waals surface area contributed by atoms with Crippen LogP contribution in [0.25, 0.3) is 0 Å². The first kappa shape index (κ1) is 9.51. The van der Waals surface area contributed by atoms with Crippen molar-refractivity contribution < 1.29 is 9.90 Å². The average Bonchev–Trinajstić information content (AvgIpc) is 1.81. The van der Waals surface area contributed by atoms with Crippen LogP contribution in [0.5, 0.6) is 5.75 Å². The molecular weight excluding hydrogens is 267 g/mol. The Kier molecular flexibility index (Phi) is 3.08. The van der Waals surface area contributed by atoms with Crippen LogP contribution < -0.4 is 0 Å². The minimum absolute atomic E-state index is 0.108. The number of rotatable bonds is 2. The van der Waals surface area contributed by atoms with E-state index in [2.05, 4.69) is 22.6 Å². The fourth-order valence-electron chi connectivity index (χ4n) is 1.02. The van der Waals surface area contributed by atoms with E-state index in [4.69, 9.17) is 0 Å². The lowest BCUT2D eigenvalue weighted by Crippen LogP contribution is -1.96. The number of benzene rings is 1. The predicted molar refractivity (Wildman–Crippen MR) is 55.2 cm³/mol. The normalized spacial score (nSPS) is 9.83. The van der Waals surface area contributed by atoms with Gasteiger partial charge in [0.15, 0.2) is 0 Å². The van der Waals surface area contributed by atoms with Crippen LogP contribution in [0.3, 0.4) is 0 Å². The number of Topliss-reactive ketones (excluding diaryl/α,β-unsaturated/α-hetero) is 1. The van der Waals surface area contributed by atoms with E-state index in [0.29, 0.717) is 6.42 Å². The zero-order chi connectivity index (χ0) is 9.14. The minimum atomic E-state index is 0.108. The van der Waals surface area contributed by atoms with E-state index in [0.717, 1.165) is 9.13 Å². The van der Waals surface area contributed by atoms with E-state index in [9.17, 15) is 9.90 Å². The van der Waals surface area contributed by atoms with E-state index < -0.39 is 0 Å². The van der Waals surface area contributed by atoms with Gasteiger partial charge in [0, 0.05) is 9.99 Å². The summed E-state index contributed by atoms with van der Waals surface area (Å²) in [6.07, 6.45) is 0.393. The van der Waals surface area contributed by atoms with Crippen LogP contribution in [0.2, 0.25) is 0 Å². The van der Waals surface area contributed by atoms with Crippen molar-refractivity contribution in [3.8, 4) is 5.75 Å². The molecule has 0 atom stereocenters. The third-order valence-electron chi connectivity index (χ3n) is 1.40. The molecule has 1 aromatic carbocycles. The van der Waals surface area contributed by atoms with Crippen LogP contribution in [-0.4, -0.2) is 10.9 Å². The molecule has 1 aromatic rings. The number of phenols is 1. The van der Waals surface area contributed by atoms with Gasteiger partial charge in [0.05, 0.1) is 0 Å². The molecule has 12 heavy (non-hydrogen) atoms. The minimum Gasteiger partial charge on any atom is -0.508 e. The fraction of sp³-hybridized carbons (Fsp3) is 0.222. The third-order valence-corrected chi connectivity index (χ3v) is 2.02. The van der Waals surface area contributed by atoms with Crippen LogP contribution in [-0.2, 0) is 11.2 Å². The van der Waals surface area contributed by atoms with Gasteiger partial charge in [-0.2, -0.15) is 0 Å². The zero-order valence-corrected chi connectivity index (χ0v) is 8.83. The van der Waals surface area contributed by atoms with Crippen molar-refractivity contribution in [1.82, 2.24) is 0 Å². The molecule has 0 amide bonds. The van der Waals surface area contributed by atoms with E-state index in [1.807, 2.05) is 6.07 Å². The number of hydrogen-bond acceptors (Lipinski definition) is 2. The maximum absolute atomic E-state index is 10.8. The molecule has 0 fully saturated rings. The first-order valence-electron chi connectivity index (χ1n) is 3.56. The van der Waals surface area contributed by atoms with Gasteiger partial charge >= 0.3 is 0 Å². The summed E-state index contributed by atoms with van der Waals surface area (Å²) in [6.45, 7) is 1.54. The first-order valence-corrected chi connectivity index (χ1v) is 4.63. The lowest BCUT2D eigenvalue weighted by molar-refractivity contribution is -0.116. The molecule has 1 N–H and O–H groups in total. The number of aromatic hydroxyl groups is 1. The van der Waals surface area contributed by atoms with E-state index in [-0.39, 0.29) is 11.5 Å². The van der Waals surface area contributed by atoms with Crippen LogP contribution in [0.1, 0.15) is 12.5 Å². The summed E-state index contributed by atoms with van der Waals surface area (Å²) in [4.78, 5) is 10.8. The lowest BCUT2D eigenvalue weighted by Gasteiger charge is -1.99. The highest BCUT2D eigenvalue weighted by molar-refractivity contribution is 14.1. The molecule has 0 spiro atoms. The number of phenolic OH excluding ortho intramolecular Hbond substituents is 1. The van der Waals surface area contributed by atoms with Crippen LogP contribution >= 0.6 is 22.6 Å². The maximum atomic E-state index is 10.8. The maximum Gasteiger partial charge on any atom is 0.134 e. The molecule has 0 radical (unpaired) electrons. The summed E-state index contributed by atoms with van der Waals surface area (Å²) in [6, 6.07) is 5.16. The fourth-order valence-corrected chi connectivity index (χ4v) is 1.74.